The first-order chi connectivity index (χ1) is 6.34. The molecule has 0 saturated carbocycles. The van der Waals surface area contributed by atoms with E-state index >= 15 is 0 Å². The van der Waals surface area contributed by atoms with E-state index in [0.717, 1.165) is 9.37 Å². The third-order valence-electron chi connectivity index (χ3n) is 1.14. The lowest BCUT2D eigenvalue weighted by Gasteiger charge is -1.93. The van der Waals surface area contributed by atoms with E-state index in [2.05, 4.69) is 20.4 Å². The zero-order valence-corrected chi connectivity index (χ0v) is 8.60. The molecule has 4 nitrogen and oxygen atoms in total. The standard InChI is InChI=1S/C6H3ClN4S2/c7-4-1-2-5(10-9-4)13-6-11-8-3-12-6/h1-3H. The summed E-state index contributed by atoms with van der Waals surface area (Å²) in [4.78, 5) is 0. The van der Waals surface area contributed by atoms with Crippen LogP contribution in [-0.4, -0.2) is 20.4 Å². The molecule has 13 heavy (non-hydrogen) atoms. The Bertz CT molecular complexity index is 374. The third kappa shape index (κ3) is 2.36. The summed E-state index contributed by atoms with van der Waals surface area (Å²) in [6.07, 6.45) is 0. The van der Waals surface area contributed by atoms with Crippen LogP contribution < -0.4 is 0 Å². The summed E-state index contributed by atoms with van der Waals surface area (Å²) in [5, 5.41) is 16.3. The van der Waals surface area contributed by atoms with Gasteiger partial charge in [0.25, 0.3) is 0 Å². The van der Waals surface area contributed by atoms with Gasteiger partial charge in [-0.2, -0.15) is 0 Å². The molecule has 0 amide bonds. The minimum absolute atomic E-state index is 0.390. The number of nitrogens with zero attached hydrogens (tertiary/aromatic N) is 4. The minimum atomic E-state index is 0.390. The molecule has 0 aliphatic heterocycles. The highest BCUT2D eigenvalue weighted by atomic mass is 35.5. The van der Waals surface area contributed by atoms with E-state index in [-0.39, 0.29) is 0 Å². The zero-order valence-electron chi connectivity index (χ0n) is 6.22. The lowest BCUT2D eigenvalue weighted by Crippen LogP contribution is -1.84. The SMILES string of the molecule is Clc1ccc(Sc2nncs2)nn1. The van der Waals surface area contributed by atoms with Gasteiger partial charge in [-0.1, -0.05) is 22.9 Å². The molecule has 0 unspecified atom stereocenters. The average molecular weight is 231 g/mol. The molecule has 0 atom stereocenters. The van der Waals surface area contributed by atoms with E-state index in [1.807, 2.05) is 0 Å². The van der Waals surface area contributed by atoms with Gasteiger partial charge in [-0.3, -0.25) is 0 Å². The van der Waals surface area contributed by atoms with Crippen LogP contribution in [0.5, 0.6) is 0 Å². The summed E-state index contributed by atoms with van der Waals surface area (Å²) in [6, 6.07) is 3.49. The second kappa shape index (κ2) is 3.99. The van der Waals surface area contributed by atoms with Gasteiger partial charge in [-0.15, -0.1) is 20.4 Å². The van der Waals surface area contributed by atoms with Crippen molar-refractivity contribution < 1.29 is 0 Å². The van der Waals surface area contributed by atoms with Crippen molar-refractivity contribution in [2.24, 2.45) is 0 Å². The van der Waals surface area contributed by atoms with Crippen molar-refractivity contribution >= 4 is 34.7 Å². The quantitative estimate of drug-likeness (QED) is 0.791. The zero-order chi connectivity index (χ0) is 9.10. The first-order valence-corrected chi connectivity index (χ1v) is 5.35. The van der Waals surface area contributed by atoms with Gasteiger partial charge in [-0.05, 0) is 23.9 Å². The van der Waals surface area contributed by atoms with Crippen LogP contribution in [0.3, 0.4) is 0 Å². The maximum Gasteiger partial charge on any atom is 0.180 e. The van der Waals surface area contributed by atoms with Crippen LogP contribution >= 0.6 is 34.7 Å². The molecule has 66 valence electrons. The molecule has 0 radical (unpaired) electrons. The van der Waals surface area contributed by atoms with Crippen LogP contribution in [0.25, 0.3) is 0 Å². The van der Waals surface area contributed by atoms with Gasteiger partial charge in [-0.25, -0.2) is 0 Å². The molecule has 2 rings (SSSR count). The maximum absolute atomic E-state index is 5.59. The van der Waals surface area contributed by atoms with Crippen LogP contribution in [0.4, 0.5) is 0 Å². The van der Waals surface area contributed by atoms with Crippen LogP contribution in [0.2, 0.25) is 5.15 Å². The molecular weight excluding hydrogens is 228 g/mol. The number of rotatable bonds is 2. The monoisotopic (exact) mass is 230 g/mol. The lowest BCUT2D eigenvalue weighted by molar-refractivity contribution is 0.925. The smallest absolute Gasteiger partial charge is 0.146 e. The molecule has 0 spiro atoms. The summed E-state index contributed by atoms with van der Waals surface area (Å²) in [5.74, 6) is 0. The Morgan fingerprint density at radius 3 is 2.77 bits per heavy atom. The predicted octanol–water partition coefficient (Wildman–Crippen LogP) is 2.13. The van der Waals surface area contributed by atoms with E-state index in [1.54, 1.807) is 17.6 Å². The second-order valence-corrected chi connectivity index (χ2v) is 4.49. The lowest BCUT2D eigenvalue weighted by atomic mass is 10.6. The second-order valence-electron chi connectivity index (χ2n) is 2.00. The molecule has 7 heteroatoms. The Kier molecular flexibility index (Phi) is 2.72. The summed E-state index contributed by atoms with van der Waals surface area (Å²) in [7, 11) is 0. The van der Waals surface area contributed by atoms with Gasteiger partial charge in [0.2, 0.25) is 0 Å². The number of aromatic nitrogens is 4. The van der Waals surface area contributed by atoms with Crippen molar-refractivity contribution in [1.82, 2.24) is 20.4 Å². The average Bonchev–Trinajstić information content (AvgIpc) is 2.62. The van der Waals surface area contributed by atoms with Gasteiger partial charge in [0.05, 0.1) is 0 Å². The van der Waals surface area contributed by atoms with Crippen molar-refractivity contribution in [2.75, 3.05) is 0 Å². The molecule has 0 aliphatic carbocycles. The van der Waals surface area contributed by atoms with Crippen molar-refractivity contribution in [3.8, 4) is 0 Å². The Morgan fingerprint density at radius 2 is 2.15 bits per heavy atom. The molecular formula is C6H3ClN4S2. The van der Waals surface area contributed by atoms with Crippen molar-refractivity contribution in [2.45, 2.75) is 9.37 Å². The molecule has 0 aromatic carbocycles. The molecule has 0 saturated heterocycles. The summed E-state index contributed by atoms with van der Waals surface area (Å²) in [5.41, 5.74) is 1.67. The van der Waals surface area contributed by atoms with Gasteiger partial charge in [0.1, 0.15) is 10.5 Å². The maximum atomic E-state index is 5.59. The summed E-state index contributed by atoms with van der Waals surface area (Å²) >= 11 is 8.46. The number of hydrogen-bond acceptors (Lipinski definition) is 6. The van der Waals surface area contributed by atoms with Crippen molar-refractivity contribution in [3.05, 3.63) is 22.8 Å². The van der Waals surface area contributed by atoms with E-state index < -0.39 is 0 Å². The number of hydrogen-bond donors (Lipinski definition) is 0. The van der Waals surface area contributed by atoms with E-state index in [9.17, 15) is 0 Å². The largest absolute Gasteiger partial charge is 0.180 e. The molecule has 0 fully saturated rings. The normalized spacial score (nSPS) is 10.2. The Hall–Kier alpha value is -0.720. The Labute approximate surface area is 87.4 Å². The predicted molar refractivity (Wildman–Crippen MR) is 51.1 cm³/mol. The summed E-state index contributed by atoms with van der Waals surface area (Å²) in [6.45, 7) is 0. The van der Waals surface area contributed by atoms with Crippen molar-refractivity contribution in [1.29, 1.82) is 0 Å². The van der Waals surface area contributed by atoms with Crippen LogP contribution in [0.15, 0.2) is 27.0 Å². The first-order valence-electron chi connectivity index (χ1n) is 3.28. The highest BCUT2D eigenvalue weighted by Gasteiger charge is 2.01. The van der Waals surface area contributed by atoms with Gasteiger partial charge in [0, 0.05) is 0 Å². The fourth-order valence-corrected chi connectivity index (χ4v) is 2.10. The van der Waals surface area contributed by atoms with Crippen molar-refractivity contribution in [3.63, 3.8) is 0 Å². The molecule has 2 aromatic rings. The number of halogens is 1. The van der Waals surface area contributed by atoms with E-state index in [1.165, 1.54) is 23.1 Å². The van der Waals surface area contributed by atoms with E-state index in [4.69, 9.17) is 11.6 Å². The topological polar surface area (TPSA) is 51.6 Å². The Balaban J connectivity index is 2.15. The first kappa shape index (κ1) is 8.86. The fraction of sp³-hybridized carbons (Fsp3) is 0. The minimum Gasteiger partial charge on any atom is -0.146 e. The van der Waals surface area contributed by atoms with Gasteiger partial charge in [0.15, 0.2) is 9.49 Å². The van der Waals surface area contributed by atoms with Gasteiger partial charge < -0.3 is 0 Å². The van der Waals surface area contributed by atoms with E-state index in [0.29, 0.717) is 5.15 Å². The molecule has 2 aromatic heterocycles. The van der Waals surface area contributed by atoms with Crippen LogP contribution in [-0.2, 0) is 0 Å². The molecule has 2 heterocycles. The molecule has 0 aliphatic rings. The highest BCUT2D eigenvalue weighted by Crippen LogP contribution is 2.26. The molecule has 0 N–H and O–H groups in total. The third-order valence-corrected chi connectivity index (χ3v) is 3.05. The summed E-state index contributed by atoms with van der Waals surface area (Å²) < 4.78 is 0.844. The van der Waals surface area contributed by atoms with Gasteiger partial charge >= 0.3 is 0 Å². The van der Waals surface area contributed by atoms with Crippen LogP contribution in [0, 0.1) is 0 Å². The van der Waals surface area contributed by atoms with Crippen LogP contribution in [0.1, 0.15) is 0 Å². The Morgan fingerprint density at radius 1 is 1.23 bits per heavy atom. The molecule has 0 bridgehead atoms. The highest BCUT2D eigenvalue weighted by molar-refractivity contribution is 8.00. The fourth-order valence-electron chi connectivity index (χ4n) is 0.655.